The molecule has 0 aliphatic carbocycles. The first-order valence-corrected chi connectivity index (χ1v) is 6.57. The highest BCUT2D eigenvalue weighted by Crippen LogP contribution is 2.20. The monoisotopic (exact) mass is 293 g/mol. The SMILES string of the molecule is Cc1cn2cc(C(=O)Nc3c(F)cccc3F)nc2s1. The summed E-state index contributed by atoms with van der Waals surface area (Å²) in [5, 5.41) is 2.20. The minimum atomic E-state index is -0.824. The lowest BCUT2D eigenvalue weighted by molar-refractivity contribution is 0.102. The second-order valence-electron chi connectivity index (χ2n) is 4.21. The van der Waals surface area contributed by atoms with Crippen LogP contribution in [-0.4, -0.2) is 15.3 Å². The van der Waals surface area contributed by atoms with E-state index in [2.05, 4.69) is 10.3 Å². The van der Waals surface area contributed by atoms with Crippen molar-refractivity contribution in [1.82, 2.24) is 9.38 Å². The van der Waals surface area contributed by atoms with E-state index in [-0.39, 0.29) is 5.69 Å². The van der Waals surface area contributed by atoms with Gasteiger partial charge < -0.3 is 5.32 Å². The van der Waals surface area contributed by atoms with Gasteiger partial charge in [0.15, 0.2) is 4.96 Å². The number of imidazole rings is 1. The number of thiazole rings is 1. The lowest BCUT2D eigenvalue weighted by atomic mass is 10.3. The summed E-state index contributed by atoms with van der Waals surface area (Å²) in [6.45, 7) is 1.92. The molecule has 3 aromatic rings. The van der Waals surface area contributed by atoms with Gasteiger partial charge >= 0.3 is 0 Å². The average molecular weight is 293 g/mol. The van der Waals surface area contributed by atoms with E-state index in [1.807, 2.05) is 13.1 Å². The molecule has 2 heterocycles. The van der Waals surface area contributed by atoms with Crippen LogP contribution >= 0.6 is 11.3 Å². The van der Waals surface area contributed by atoms with Crippen molar-refractivity contribution in [3.05, 3.63) is 52.8 Å². The number of carbonyl (C=O) groups is 1. The number of halogens is 2. The van der Waals surface area contributed by atoms with Gasteiger partial charge in [-0.05, 0) is 19.1 Å². The second-order valence-corrected chi connectivity index (χ2v) is 5.42. The molecule has 7 heteroatoms. The third-order valence-corrected chi connectivity index (χ3v) is 3.62. The van der Waals surface area contributed by atoms with Crippen molar-refractivity contribution in [1.29, 1.82) is 0 Å². The topological polar surface area (TPSA) is 46.4 Å². The van der Waals surface area contributed by atoms with Crippen molar-refractivity contribution in [2.75, 3.05) is 5.32 Å². The number of hydrogen-bond acceptors (Lipinski definition) is 3. The summed E-state index contributed by atoms with van der Waals surface area (Å²) in [7, 11) is 0. The average Bonchev–Trinajstić information content (AvgIpc) is 2.91. The number of nitrogens with one attached hydrogen (secondary N) is 1. The van der Waals surface area contributed by atoms with E-state index < -0.39 is 23.2 Å². The van der Waals surface area contributed by atoms with E-state index in [1.165, 1.54) is 23.6 Å². The second kappa shape index (κ2) is 4.68. The van der Waals surface area contributed by atoms with Gasteiger partial charge in [0.25, 0.3) is 5.91 Å². The fourth-order valence-electron chi connectivity index (χ4n) is 1.82. The third-order valence-electron chi connectivity index (χ3n) is 2.71. The predicted molar refractivity (Wildman–Crippen MR) is 72.1 cm³/mol. The molecule has 0 bridgehead atoms. The Morgan fingerprint density at radius 1 is 1.30 bits per heavy atom. The molecule has 1 amide bonds. The van der Waals surface area contributed by atoms with Crippen LogP contribution in [0.25, 0.3) is 4.96 Å². The lowest BCUT2D eigenvalue weighted by Crippen LogP contribution is -2.14. The van der Waals surface area contributed by atoms with Crippen molar-refractivity contribution in [2.24, 2.45) is 0 Å². The molecule has 0 aliphatic rings. The summed E-state index contributed by atoms with van der Waals surface area (Å²) in [4.78, 5) is 17.8. The number of carbonyl (C=O) groups excluding carboxylic acids is 1. The lowest BCUT2D eigenvalue weighted by Gasteiger charge is -2.05. The summed E-state index contributed by atoms with van der Waals surface area (Å²) in [6.07, 6.45) is 3.35. The quantitative estimate of drug-likeness (QED) is 0.788. The fraction of sp³-hybridized carbons (Fsp3) is 0.0769. The van der Waals surface area contributed by atoms with Crippen LogP contribution in [0.1, 0.15) is 15.4 Å². The van der Waals surface area contributed by atoms with Crippen molar-refractivity contribution in [3.63, 3.8) is 0 Å². The summed E-state index contributed by atoms with van der Waals surface area (Å²) < 4.78 is 28.6. The van der Waals surface area contributed by atoms with Gasteiger partial charge in [-0.2, -0.15) is 0 Å². The highest BCUT2D eigenvalue weighted by molar-refractivity contribution is 7.17. The van der Waals surface area contributed by atoms with Gasteiger partial charge in [-0.3, -0.25) is 9.20 Å². The zero-order valence-corrected chi connectivity index (χ0v) is 11.2. The molecule has 2 aromatic heterocycles. The maximum atomic E-state index is 13.4. The van der Waals surface area contributed by atoms with Crippen LogP contribution in [-0.2, 0) is 0 Å². The highest BCUT2D eigenvalue weighted by atomic mass is 32.1. The normalized spacial score (nSPS) is 10.9. The van der Waals surface area contributed by atoms with E-state index >= 15 is 0 Å². The molecule has 102 valence electrons. The maximum absolute atomic E-state index is 13.4. The standard InChI is InChI=1S/C13H9F2N3OS/c1-7-5-18-6-10(16-13(18)20-7)12(19)17-11-8(14)3-2-4-9(11)15/h2-6H,1H3,(H,17,19). The fourth-order valence-corrected chi connectivity index (χ4v) is 2.62. The number of aromatic nitrogens is 2. The molecule has 0 radical (unpaired) electrons. The number of rotatable bonds is 2. The van der Waals surface area contributed by atoms with Crippen molar-refractivity contribution < 1.29 is 13.6 Å². The van der Waals surface area contributed by atoms with Gasteiger partial charge in [0.05, 0.1) is 0 Å². The Morgan fingerprint density at radius 3 is 2.65 bits per heavy atom. The highest BCUT2D eigenvalue weighted by Gasteiger charge is 2.16. The van der Waals surface area contributed by atoms with Crippen molar-refractivity contribution in [2.45, 2.75) is 6.92 Å². The largest absolute Gasteiger partial charge is 0.316 e. The molecule has 0 atom stereocenters. The molecule has 0 saturated carbocycles. The Hall–Kier alpha value is -2.28. The van der Waals surface area contributed by atoms with Crippen molar-refractivity contribution >= 4 is 27.9 Å². The van der Waals surface area contributed by atoms with E-state index in [1.54, 1.807) is 4.40 Å². The van der Waals surface area contributed by atoms with Gasteiger partial charge in [0, 0.05) is 17.3 Å². The Morgan fingerprint density at radius 2 is 2.00 bits per heavy atom. The van der Waals surface area contributed by atoms with Crippen LogP contribution < -0.4 is 5.32 Å². The molecular formula is C13H9F2N3OS. The number of hydrogen-bond donors (Lipinski definition) is 1. The zero-order chi connectivity index (χ0) is 14.3. The Bertz CT molecular complexity index is 757. The zero-order valence-electron chi connectivity index (χ0n) is 10.4. The summed E-state index contributed by atoms with van der Waals surface area (Å²) >= 11 is 1.43. The molecule has 0 saturated heterocycles. The van der Waals surface area contributed by atoms with Gasteiger partial charge in [-0.25, -0.2) is 13.8 Å². The molecule has 0 fully saturated rings. The smallest absolute Gasteiger partial charge is 0.276 e. The van der Waals surface area contributed by atoms with Gasteiger partial charge in [-0.15, -0.1) is 11.3 Å². The van der Waals surface area contributed by atoms with E-state index in [0.29, 0.717) is 4.96 Å². The van der Waals surface area contributed by atoms with Gasteiger partial charge in [0.2, 0.25) is 0 Å². The first-order chi connectivity index (χ1) is 9.54. The van der Waals surface area contributed by atoms with Crippen LogP contribution in [0.4, 0.5) is 14.5 Å². The number of benzene rings is 1. The minimum Gasteiger partial charge on any atom is -0.316 e. The summed E-state index contributed by atoms with van der Waals surface area (Å²) in [6, 6.07) is 3.39. The van der Waals surface area contributed by atoms with Gasteiger partial charge in [0.1, 0.15) is 23.0 Å². The molecule has 3 rings (SSSR count). The summed E-state index contributed by atoms with van der Waals surface area (Å²) in [5.74, 6) is -2.30. The molecule has 0 spiro atoms. The van der Waals surface area contributed by atoms with Crippen LogP contribution in [0.15, 0.2) is 30.6 Å². The van der Waals surface area contributed by atoms with Crippen molar-refractivity contribution in [3.8, 4) is 0 Å². The molecule has 20 heavy (non-hydrogen) atoms. The van der Waals surface area contributed by atoms with Crippen LogP contribution in [0.2, 0.25) is 0 Å². The first kappa shape index (κ1) is 12.7. The Balaban J connectivity index is 1.90. The molecule has 4 nitrogen and oxygen atoms in total. The van der Waals surface area contributed by atoms with Crippen LogP contribution in [0, 0.1) is 18.6 Å². The predicted octanol–water partition coefficient (Wildman–Crippen LogP) is 3.23. The minimum absolute atomic E-state index is 0.110. The van der Waals surface area contributed by atoms with E-state index in [9.17, 15) is 13.6 Å². The number of para-hydroxylation sites is 1. The van der Waals surface area contributed by atoms with Crippen LogP contribution in [0.3, 0.4) is 0 Å². The number of aryl methyl sites for hydroxylation is 1. The first-order valence-electron chi connectivity index (χ1n) is 5.75. The molecular weight excluding hydrogens is 284 g/mol. The van der Waals surface area contributed by atoms with E-state index in [4.69, 9.17) is 0 Å². The van der Waals surface area contributed by atoms with Gasteiger partial charge in [-0.1, -0.05) is 6.07 Å². The molecule has 1 aromatic carbocycles. The Kier molecular flexibility index (Phi) is 2.98. The number of nitrogens with zero attached hydrogens (tertiary/aromatic N) is 2. The molecule has 1 N–H and O–H groups in total. The number of amides is 1. The molecule has 0 aliphatic heterocycles. The van der Waals surface area contributed by atoms with E-state index in [0.717, 1.165) is 17.0 Å². The maximum Gasteiger partial charge on any atom is 0.276 e. The summed E-state index contributed by atoms with van der Waals surface area (Å²) in [5.41, 5.74) is -0.357. The molecule has 0 unspecified atom stereocenters. The van der Waals surface area contributed by atoms with Crippen LogP contribution in [0.5, 0.6) is 0 Å². The third kappa shape index (κ3) is 2.16. The number of fused-ring (bicyclic) bond motifs is 1. The Labute approximate surface area is 116 Å². The number of anilines is 1.